The van der Waals surface area contributed by atoms with Crippen molar-refractivity contribution in [3.8, 4) is 16.9 Å². The van der Waals surface area contributed by atoms with E-state index in [0.717, 1.165) is 0 Å². The van der Waals surface area contributed by atoms with E-state index in [1.807, 2.05) is 0 Å². The van der Waals surface area contributed by atoms with Crippen LogP contribution in [0.4, 0.5) is 15.0 Å². The Labute approximate surface area is 134 Å². The Bertz CT molecular complexity index is 946. The normalized spacial score (nSPS) is 10.8. The lowest BCUT2D eigenvalue weighted by Gasteiger charge is -2.09. The summed E-state index contributed by atoms with van der Waals surface area (Å²) in [4.78, 5) is 25.6. The van der Waals surface area contributed by atoms with Gasteiger partial charge in [0.15, 0.2) is 5.75 Å². The van der Waals surface area contributed by atoms with Gasteiger partial charge in [-0.05, 0) is 12.1 Å². The first-order chi connectivity index (χ1) is 11.4. The molecule has 0 atom stereocenters. The average molecular weight is 332 g/mol. The number of fused-ring (bicyclic) bond motifs is 1. The zero-order valence-electron chi connectivity index (χ0n) is 12.5. The molecule has 9 heteroatoms. The van der Waals surface area contributed by atoms with E-state index in [-0.39, 0.29) is 28.0 Å². The number of anilines is 1. The fourth-order valence-electron chi connectivity index (χ4n) is 2.62. The third-order valence-electron chi connectivity index (χ3n) is 3.51. The van der Waals surface area contributed by atoms with Gasteiger partial charge in [-0.3, -0.25) is 10.1 Å². The number of carbonyl (C=O) groups excluding carboxylic acids is 2. The molecule has 0 saturated carbocycles. The maximum atomic E-state index is 14.7. The molecule has 0 saturated heterocycles. The number of urea groups is 1. The van der Waals surface area contributed by atoms with Crippen LogP contribution in [0.15, 0.2) is 29.1 Å². The number of aromatic amines is 1. The van der Waals surface area contributed by atoms with Crippen molar-refractivity contribution in [2.24, 2.45) is 11.5 Å². The predicted molar refractivity (Wildman–Crippen MR) is 84.2 cm³/mol. The molecule has 0 aliphatic rings. The van der Waals surface area contributed by atoms with Crippen LogP contribution in [-0.2, 0) is 0 Å². The van der Waals surface area contributed by atoms with Gasteiger partial charge in [0.1, 0.15) is 11.6 Å². The van der Waals surface area contributed by atoms with E-state index in [0.29, 0.717) is 11.1 Å². The lowest BCUT2D eigenvalue weighted by molar-refractivity contribution is 0.100. The summed E-state index contributed by atoms with van der Waals surface area (Å²) in [6.45, 7) is 0. The van der Waals surface area contributed by atoms with Crippen molar-refractivity contribution in [1.29, 1.82) is 0 Å². The molecule has 6 N–H and O–H groups in total. The Morgan fingerprint density at radius 2 is 2.12 bits per heavy atom. The van der Waals surface area contributed by atoms with E-state index >= 15 is 0 Å². The van der Waals surface area contributed by atoms with Crippen LogP contribution < -0.4 is 21.5 Å². The first-order valence-electron chi connectivity index (χ1n) is 6.75. The monoisotopic (exact) mass is 332 g/mol. The van der Waals surface area contributed by atoms with E-state index in [9.17, 15) is 14.0 Å². The number of H-pyrrole nitrogens is 1. The third kappa shape index (κ3) is 2.32. The van der Waals surface area contributed by atoms with Gasteiger partial charge in [-0.2, -0.15) is 0 Å². The summed E-state index contributed by atoms with van der Waals surface area (Å²) in [6, 6.07) is 1.89. The molecule has 1 aromatic carbocycles. The molecule has 0 unspecified atom stereocenters. The van der Waals surface area contributed by atoms with Gasteiger partial charge in [-0.1, -0.05) is 0 Å². The minimum Gasteiger partial charge on any atom is -0.494 e. The fourth-order valence-corrected chi connectivity index (χ4v) is 2.62. The number of benzene rings is 1. The number of primary amides is 2. The van der Waals surface area contributed by atoms with Crippen molar-refractivity contribution in [3.05, 3.63) is 36.0 Å². The van der Waals surface area contributed by atoms with E-state index in [4.69, 9.17) is 20.6 Å². The van der Waals surface area contributed by atoms with Gasteiger partial charge < -0.3 is 25.6 Å². The summed E-state index contributed by atoms with van der Waals surface area (Å²) in [6.07, 6.45) is 2.85. The van der Waals surface area contributed by atoms with Gasteiger partial charge in [0.2, 0.25) is 0 Å². The molecule has 0 spiro atoms. The molecule has 3 aromatic rings. The van der Waals surface area contributed by atoms with Gasteiger partial charge in [0, 0.05) is 11.1 Å². The highest BCUT2D eigenvalue weighted by Crippen LogP contribution is 2.41. The minimum absolute atomic E-state index is 0.102. The van der Waals surface area contributed by atoms with Crippen LogP contribution in [0.2, 0.25) is 0 Å². The Balaban J connectivity index is 2.39. The zero-order chi connectivity index (χ0) is 17.4. The Morgan fingerprint density at radius 3 is 2.67 bits per heavy atom. The molecule has 0 bridgehead atoms. The average Bonchev–Trinajstić information content (AvgIpc) is 3.13. The predicted octanol–water partition coefficient (Wildman–Crippen LogP) is 2.17. The molecule has 0 radical (unpaired) electrons. The highest BCUT2D eigenvalue weighted by atomic mass is 19.1. The van der Waals surface area contributed by atoms with E-state index in [1.54, 1.807) is 6.07 Å². The molecule has 3 amide bonds. The summed E-state index contributed by atoms with van der Waals surface area (Å²) < 4.78 is 25.0. The lowest BCUT2D eigenvalue weighted by atomic mass is 10.0. The maximum absolute atomic E-state index is 14.7. The number of methoxy groups -OCH3 is 1. The molecule has 0 aliphatic carbocycles. The number of ether oxygens (including phenoxy) is 1. The Kier molecular flexibility index (Phi) is 3.60. The topological polar surface area (TPSA) is 136 Å². The van der Waals surface area contributed by atoms with Crippen LogP contribution >= 0.6 is 0 Å². The molecular formula is C15H13FN4O4. The number of halogens is 1. The van der Waals surface area contributed by atoms with Gasteiger partial charge in [0.25, 0.3) is 5.91 Å². The number of rotatable bonds is 4. The van der Waals surface area contributed by atoms with Gasteiger partial charge in [-0.25, -0.2) is 9.18 Å². The molecule has 124 valence electrons. The van der Waals surface area contributed by atoms with Crippen molar-refractivity contribution in [2.45, 2.75) is 0 Å². The lowest BCUT2D eigenvalue weighted by Crippen LogP contribution is -2.22. The third-order valence-corrected chi connectivity index (χ3v) is 3.51. The number of nitrogens with one attached hydrogen (secondary N) is 2. The second-order valence-electron chi connectivity index (χ2n) is 4.93. The Morgan fingerprint density at radius 1 is 1.38 bits per heavy atom. The molecule has 0 aliphatic heterocycles. The van der Waals surface area contributed by atoms with Crippen LogP contribution in [0.25, 0.3) is 22.0 Å². The van der Waals surface area contributed by atoms with Crippen molar-refractivity contribution >= 4 is 28.7 Å². The molecule has 0 fully saturated rings. The van der Waals surface area contributed by atoms with Crippen LogP contribution in [0, 0.1) is 5.82 Å². The summed E-state index contributed by atoms with van der Waals surface area (Å²) in [5.74, 6) is -1.49. The first kappa shape index (κ1) is 15.4. The molecule has 2 heterocycles. The second-order valence-corrected chi connectivity index (χ2v) is 4.93. The van der Waals surface area contributed by atoms with Gasteiger partial charge in [0.05, 0.1) is 36.1 Å². The van der Waals surface area contributed by atoms with Crippen LogP contribution in [0.1, 0.15) is 10.4 Å². The van der Waals surface area contributed by atoms with Crippen molar-refractivity contribution in [1.82, 2.24) is 4.98 Å². The number of hydrogen-bond acceptors (Lipinski definition) is 4. The zero-order valence-corrected chi connectivity index (χ0v) is 12.5. The van der Waals surface area contributed by atoms with Crippen molar-refractivity contribution < 1.29 is 23.1 Å². The van der Waals surface area contributed by atoms with Crippen LogP contribution in [0.5, 0.6) is 5.75 Å². The van der Waals surface area contributed by atoms with E-state index in [2.05, 4.69) is 10.3 Å². The molecular weight excluding hydrogens is 319 g/mol. The second kappa shape index (κ2) is 5.61. The quantitative estimate of drug-likeness (QED) is 0.582. The molecule has 3 rings (SSSR count). The van der Waals surface area contributed by atoms with Crippen molar-refractivity contribution in [2.75, 3.05) is 12.4 Å². The largest absolute Gasteiger partial charge is 0.494 e. The highest BCUT2D eigenvalue weighted by molar-refractivity contribution is 6.15. The Hall–Kier alpha value is -3.49. The SMILES string of the molecule is COc1c(-c2ccoc2)cc(F)c2c(C(N)=O)c(NC(N)=O)[nH]c12. The highest BCUT2D eigenvalue weighted by Gasteiger charge is 2.25. The van der Waals surface area contributed by atoms with Gasteiger partial charge in [-0.15, -0.1) is 0 Å². The number of nitrogens with two attached hydrogens (primary N) is 2. The van der Waals surface area contributed by atoms with Crippen LogP contribution in [-0.4, -0.2) is 24.0 Å². The fraction of sp³-hybridized carbons (Fsp3) is 0.0667. The standard InChI is InChI=1S/C15H13FN4O4/c1-23-12-7(6-2-3-24-5-6)4-8(16)9-10(13(17)21)14(19-11(9)12)20-15(18)22/h2-5,19H,1H3,(H2,17,21)(H3,18,20,22). The van der Waals surface area contributed by atoms with Crippen LogP contribution in [0.3, 0.4) is 0 Å². The summed E-state index contributed by atoms with van der Waals surface area (Å²) in [5, 5.41) is 2.12. The van der Waals surface area contributed by atoms with E-state index in [1.165, 1.54) is 25.7 Å². The molecule has 24 heavy (non-hydrogen) atoms. The number of hydrogen-bond donors (Lipinski definition) is 4. The summed E-state index contributed by atoms with van der Waals surface area (Å²) in [5.41, 5.74) is 11.3. The molecule has 8 nitrogen and oxygen atoms in total. The van der Waals surface area contributed by atoms with Crippen molar-refractivity contribution in [3.63, 3.8) is 0 Å². The smallest absolute Gasteiger partial charge is 0.317 e. The minimum atomic E-state index is -0.932. The number of furan rings is 1. The molecule has 2 aromatic heterocycles. The number of aromatic nitrogens is 1. The summed E-state index contributed by atoms with van der Waals surface area (Å²) >= 11 is 0. The van der Waals surface area contributed by atoms with Gasteiger partial charge >= 0.3 is 6.03 Å². The first-order valence-corrected chi connectivity index (χ1v) is 6.75. The van der Waals surface area contributed by atoms with E-state index < -0.39 is 17.8 Å². The summed E-state index contributed by atoms with van der Waals surface area (Å²) in [7, 11) is 1.39. The number of amides is 3. The number of carbonyl (C=O) groups is 2. The maximum Gasteiger partial charge on any atom is 0.317 e.